The highest BCUT2D eigenvalue weighted by Crippen LogP contribution is 2.33. The Kier molecular flexibility index (Phi) is 5.44. The van der Waals surface area contributed by atoms with E-state index in [-0.39, 0.29) is 30.3 Å². The first-order valence-electron chi connectivity index (χ1n) is 10.1. The molecule has 0 bridgehead atoms. The summed E-state index contributed by atoms with van der Waals surface area (Å²) in [6.45, 7) is 4.59. The minimum atomic E-state index is -0.0844. The normalized spacial score (nSPS) is 16.5. The van der Waals surface area contributed by atoms with E-state index in [0.717, 1.165) is 28.3 Å². The van der Waals surface area contributed by atoms with Gasteiger partial charge in [0.25, 0.3) is 0 Å². The summed E-state index contributed by atoms with van der Waals surface area (Å²) in [7, 11) is 1.62. The fourth-order valence-electron chi connectivity index (χ4n) is 3.98. The Morgan fingerprint density at radius 2 is 1.93 bits per heavy atom. The summed E-state index contributed by atoms with van der Waals surface area (Å²) in [6, 6.07) is 15.3. The number of nitrogens with one attached hydrogen (secondary N) is 1. The molecule has 0 saturated carbocycles. The van der Waals surface area contributed by atoms with Crippen LogP contribution in [0.25, 0.3) is 11.0 Å². The lowest BCUT2D eigenvalue weighted by Gasteiger charge is -2.18. The van der Waals surface area contributed by atoms with Crippen molar-refractivity contribution in [3.05, 3.63) is 54.4 Å². The van der Waals surface area contributed by atoms with Crippen LogP contribution in [-0.4, -0.2) is 41.1 Å². The van der Waals surface area contributed by atoms with Crippen LogP contribution < -0.4 is 15.0 Å². The highest BCUT2D eigenvalue weighted by atomic mass is 16.5. The fraction of sp³-hybridized carbons (Fsp3) is 0.348. The molecule has 4 rings (SSSR count). The number of aromatic nitrogens is 2. The van der Waals surface area contributed by atoms with Gasteiger partial charge in [0, 0.05) is 30.6 Å². The number of imidazole rings is 1. The molecular formula is C23H26N4O3. The van der Waals surface area contributed by atoms with Gasteiger partial charge >= 0.3 is 0 Å². The zero-order chi connectivity index (χ0) is 21.3. The first kappa shape index (κ1) is 19.9. The van der Waals surface area contributed by atoms with E-state index in [4.69, 9.17) is 9.72 Å². The second kappa shape index (κ2) is 8.18. The van der Waals surface area contributed by atoms with Crippen molar-refractivity contribution in [1.82, 2.24) is 14.9 Å². The number of carbonyl (C=O) groups is 2. The molecule has 30 heavy (non-hydrogen) atoms. The van der Waals surface area contributed by atoms with Gasteiger partial charge in [-0.05, 0) is 50.2 Å². The van der Waals surface area contributed by atoms with Crippen LogP contribution in [0.15, 0.2) is 48.5 Å². The molecule has 7 heteroatoms. The van der Waals surface area contributed by atoms with Crippen molar-refractivity contribution < 1.29 is 14.3 Å². The van der Waals surface area contributed by atoms with Crippen LogP contribution in [0.1, 0.15) is 32.0 Å². The smallest absolute Gasteiger partial charge is 0.240 e. The number of fused-ring (bicyclic) bond motifs is 1. The van der Waals surface area contributed by atoms with E-state index >= 15 is 0 Å². The molecule has 2 aromatic carbocycles. The number of hydrogen-bond acceptors (Lipinski definition) is 4. The standard InChI is InChI=1S/C23H26N4O3/c1-15(2)24-21(28)14-27-20-7-5-4-6-19(20)25-23(27)16-12-22(29)26(13-16)17-8-10-18(30-3)11-9-17/h4-11,15-16H,12-14H2,1-3H3,(H,24,28)/t16-/m0/s1. The molecule has 0 radical (unpaired) electrons. The zero-order valence-electron chi connectivity index (χ0n) is 17.5. The molecule has 1 atom stereocenters. The van der Waals surface area contributed by atoms with Crippen molar-refractivity contribution in [2.45, 2.75) is 38.8 Å². The first-order chi connectivity index (χ1) is 14.5. The zero-order valence-corrected chi connectivity index (χ0v) is 17.5. The van der Waals surface area contributed by atoms with Gasteiger partial charge in [0.15, 0.2) is 0 Å². The Morgan fingerprint density at radius 3 is 2.63 bits per heavy atom. The number of amides is 2. The molecule has 2 amide bonds. The van der Waals surface area contributed by atoms with Gasteiger partial charge in [-0.3, -0.25) is 9.59 Å². The minimum absolute atomic E-state index is 0.0513. The molecule has 0 spiro atoms. The second-order valence-corrected chi connectivity index (χ2v) is 7.87. The molecule has 1 aliphatic rings. The lowest BCUT2D eigenvalue weighted by molar-refractivity contribution is -0.122. The van der Waals surface area contributed by atoms with E-state index < -0.39 is 0 Å². The molecule has 7 nitrogen and oxygen atoms in total. The van der Waals surface area contributed by atoms with Crippen LogP contribution in [0.2, 0.25) is 0 Å². The van der Waals surface area contributed by atoms with Crippen LogP contribution in [0, 0.1) is 0 Å². The number of benzene rings is 2. The number of carbonyl (C=O) groups excluding carboxylic acids is 2. The number of hydrogen-bond donors (Lipinski definition) is 1. The fourth-order valence-corrected chi connectivity index (χ4v) is 3.98. The molecule has 0 unspecified atom stereocenters. The second-order valence-electron chi connectivity index (χ2n) is 7.87. The molecule has 2 heterocycles. The number of ether oxygens (including phenoxy) is 1. The molecular weight excluding hydrogens is 380 g/mol. The van der Waals surface area contributed by atoms with Crippen LogP contribution >= 0.6 is 0 Å². The maximum absolute atomic E-state index is 12.8. The highest BCUT2D eigenvalue weighted by Gasteiger charge is 2.35. The summed E-state index contributed by atoms with van der Waals surface area (Å²) in [4.78, 5) is 31.9. The third-order valence-corrected chi connectivity index (χ3v) is 5.31. The van der Waals surface area contributed by atoms with Gasteiger partial charge in [0.2, 0.25) is 11.8 Å². The largest absolute Gasteiger partial charge is 0.497 e. The summed E-state index contributed by atoms with van der Waals surface area (Å²) in [5, 5.41) is 2.94. The van der Waals surface area contributed by atoms with E-state index in [0.29, 0.717) is 13.0 Å². The average molecular weight is 406 g/mol. The SMILES string of the molecule is COc1ccc(N2C[C@@H](c3nc4ccccc4n3CC(=O)NC(C)C)CC2=O)cc1. The monoisotopic (exact) mass is 406 g/mol. The predicted molar refractivity (Wildman–Crippen MR) is 116 cm³/mol. The van der Waals surface area contributed by atoms with Crippen LogP contribution in [0.4, 0.5) is 5.69 Å². The molecule has 3 aromatic rings. The van der Waals surface area contributed by atoms with Gasteiger partial charge < -0.3 is 19.5 Å². The van der Waals surface area contributed by atoms with Crippen LogP contribution in [0.3, 0.4) is 0 Å². The van der Waals surface area contributed by atoms with Gasteiger partial charge in [0.05, 0.1) is 18.1 Å². The Hall–Kier alpha value is -3.35. The van der Waals surface area contributed by atoms with Crippen LogP contribution in [0.5, 0.6) is 5.75 Å². The molecule has 1 N–H and O–H groups in total. The maximum Gasteiger partial charge on any atom is 0.240 e. The van der Waals surface area contributed by atoms with Gasteiger partial charge in [-0.1, -0.05) is 12.1 Å². The van der Waals surface area contributed by atoms with Crippen molar-refractivity contribution in [2.75, 3.05) is 18.6 Å². The topological polar surface area (TPSA) is 76.5 Å². The van der Waals surface area contributed by atoms with E-state index in [1.165, 1.54) is 0 Å². The molecule has 1 aliphatic heterocycles. The van der Waals surface area contributed by atoms with E-state index in [9.17, 15) is 9.59 Å². The Morgan fingerprint density at radius 1 is 1.20 bits per heavy atom. The predicted octanol–water partition coefficient (Wildman–Crippen LogP) is 3.09. The third kappa shape index (κ3) is 3.87. The van der Waals surface area contributed by atoms with Crippen molar-refractivity contribution in [1.29, 1.82) is 0 Å². The quantitative estimate of drug-likeness (QED) is 0.683. The summed E-state index contributed by atoms with van der Waals surface area (Å²) in [5.41, 5.74) is 2.57. The number of rotatable bonds is 6. The summed E-state index contributed by atoms with van der Waals surface area (Å²) in [6.07, 6.45) is 0.362. The molecule has 1 aromatic heterocycles. The van der Waals surface area contributed by atoms with Crippen molar-refractivity contribution in [2.24, 2.45) is 0 Å². The van der Waals surface area contributed by atoms with E-state index in [1.54, 1.807) is 12.0 Å². The average Bonchev–Trinajstić information content (AvgIpc) is 3.28. The lowest BCUT2D eigenvalue weighted by Crippen LogP contribution is -2.33. The van der Waals surface area contributed by atoms with E-state index in [2.05, 4.69) is 5.32 Å². The van der Waals surface area contributed by atoms with Gasteiger partial charge in [-0.2, -0.15) is 0 Å². The highest BCUT2D eigenvalue weighted by molar-refractivity contribution is 5.96. The Bertz CT molecular complexity index is 1070. The summed E-state index contributed by atoms with van der Waals surface area (Å²) in [5.74, 6) is 1.43. The molecule has 0 aliphatic carbocycles. The Labute approximate surface area is 175 Å². The van der Waals surface area contributed by atoms with Gasteiger partial charge in [0.1, 0.15) is 18.1 Å². The summed E-state index contributed by atoms with van der Waals surface area (Å²) >= 11 is 0. The maximum atomic E-state index is 12.8. The number of anilines is 1. The molecule has 156 valence electrons. The van der Waals surface area contributed by atoms with Crippen molar-refractivity contribution in [3.63, 3.8) is 0 Å². The van der Waals surface area contributed by atoms with Crippen molar-refractivity contribution in [3.8, 4) is 5.75 Å². The molecule has 1 saturated heterocycles. The minimum Gasteiger partial charge on any atom is -0.497 e. The summed E-state index contributed by atoms with van der Waals surface area (Å²) < 4.78 is 7.16. The number of nitrogens with zero attached hydrogens (tertiary/aromatic N) is 3. The van der Waals surface area contributed by atoms with Gasteiger partial charge in [-0.15, -0.1) is 0 Å². The van der Waals surface area contributed by atoms with Crippen molar-refractivity contribution >= 4 is 28.5 Å². The number of para-hydroxylation sites is 2. The lowest BCUT2D eigenvalue weighted by atomic mass is 10.1. The van der Waals surface area contributed by atoms with Gasteiger partial charge in [-0.25, -0.2) is 4.98 Å². The molecule has 1 fully saturated rings. The first-order valence-corrected chi connectivity index (χ1v) is 10.1. The third-order valence-electron chi connectivity index (χ3n) is 5.31. The van der Waals surface area contributed by atoms with Crippen LogP contribution in [-0.2, 0) is 16.1 Å². The van der Waals surface area contributed by atoms with E-state index in [1.807, 2.05) is 66.9 Å². The number of methoxy groups -OCH3 is 1. The Balaban J connectivity index is 1.64.